The Bertz CT molecular complexity index is 329. The lowest BCUT2D eigenvalue weighted by atomic mass is 10.2. The number of hydrogen-bond acceptors (Lipinski definition) is 2. The maximum Gasteiger partial charge on any atom is 0.223 e. The molecule has 0 aliphatic carbocycles. The summed E-state index contributed by atoms with van der Waals surface area (Å²) in [5, 5.41) is 3.82. The van der Waals surface area contributed by atoms with Gasteiger partial charge in [-0.2, -0.15) is 0 Å². The van der Waals surface area contributed by atoms with Crippen molar-refractivity contribution in [2.24, 2.45) is 0 Å². The molecule has 0 saturated carbocycles. The predicted octanol–water partition coefficient (Wildman–Crippen LogP) is 2.75. The summed E-state index contributed by atoms with van der Waals surface area (Å²) < 4.78 is 5.45. The van der Waals surface area contributed by atoms with Crippen LogP contribution in [0.5, 0.6) is 5.75 Å². The van der Waals surface area contributed by atoms with Gasteiger partial charge in [0.05, 0.1) is 13.0 Å². The molecule has 4 heteroatoms. The number of carbonyl (C=O) groups is 1. The van der Waals surface area contributed by atoms with Gasteiger partial charge in [0.15, 0.2) is 0 Å². The van der Waals surface area contributed by atoms with Gasteiger partial charge in [0.25, 0.3) is 0 Å². The minimum absolute atomic E-state index is 0.0365. The van der Waals surface area contributed by atoms with Crippen LogP contribution < -0.4 is 10.1 Å². The summed E-state index contributed by atoms with van der Waals surface area (Å²) >= 11 is 3.35. The van der Waals surface area contributed by atoms with E-state index in [1.807, 2.05) is 37.3 Å². The molecule has 0 fully saturated rings. The van der Waals surface area contributed by atoms with Gasteiger partial charge in [-0.3, -0.25) is 4.79 Å². The monoisotopic (exact) mass is 299 g/mol. The van der Waals surface area contributed by atoms with Gasteiger partial charge in [-0.1, -0.05) is 34.1 Å². The van der Waals surface area contributed by atoms with E-state index in [1.54, 1.807) is 0 Å². The molecule has 0 saturated heterocycles. The van der Waals surface area contributed by atoms with Gasteiger partial charge < -0.3 is 10.1 Å². The van der Waals surface area contributed by atoms with E-state index in [9.17, 15) is 4.79 Å². The van der Waals surface area contributed by atoms with E-state index in [2.05, 4.69) is 21.2 Å². The molecule has 0 radical (unpaired) electrons. The first kappa shape index (κ1) is 14.0. The number of carbonyl (C=O) groups excluding carboxylic acids is 1. The second kappa shape index (κ2) is 8.12. The normalized spacial score (nSPS) is 11.9. The largest absolute Gasteiger partial charge is 0.493 e. The molecule has 1 unspecified atom stereocenters. The molecular formula is C13H18BrNO2. The number of nitrogens with one attached hydrogen (secondary N) is 1. The highest BCUT2D eigenvalue weighted by Crippen LogP contribution is 2.08. The third-order valence-electron chi connectivity index (χ3n) is 2.29. The fourth-order valence-corrected chi connectivity index (χ4v) is 2.05. The zero-order valence-corrected chi connectivity index (χ0v) is 11.6. The van der Waals surface area contributed by atoms with Gasteiger partial charge in [0.1, 0.15) is 5.75 Å². The van der Waals surface area contributed by atoms with E-state index in [-0.39, 0.29) is 11.9 Å². The highest BCUT2D eigenvalue weighted by Gasteiger charge is 2.06. The van der Waals surface area contributed by atoms with Crippen LogP contribution in [0, 0.1) is 0 Å². The van der Waals surface area contributed by atoms with Gasteiger partial charge in [-0.05, 0) is 25.5 Å². The molecule has 0 bridgehead atoms. The minimum Gasteiger partial charge on any atom is -0.493 e. The number of halogens is 1. The summed E-state index contributed by atoms with van der Waals surface area (Å²) in [4.78, 5) is 11.5. The maximum absolute atomic E-state index is 11.5. The molecule has 0 spiro atoms. The van der Waals surface area contributed by atoms with Crippen molar-refractivity contribution in [1.29, 1.82) is 0 Å². The molecule has 1 rings (SSSR count). The topological polar surface area (TPSA) is 38.3 Å². The predicted molar refractivity (Wildman–Crippen MR) is 72.6 cm³/mol. The Balaban J connectivity index is 2.16. The Labute approximate surface area is 111 Å². The van der Waals surface area contributed by atoms with E-state index in [0.717, 1.165) is 17.5 Å². The summed E-state index contributed by atoms with van der Waals surface area (Å²) in [6.07, 6.45) is 1.33. The number of hydrogen-bond donors (Lipinski definition) is 1. The third kappa shape index (κ3) is 6.31. The second-order valence-electron chi connectivity index (χ2n) is 3.86. The number of amides is 1. The summed E-state index contributed by atoms with van der Waals surface area (Å²) in [5.74, 6) is 0.836. The molecule has 1 N–H and O–H groups in total. The first-order valence-corrected chi connectivity index (χ1v) is 6.87. The van der Waals surface area contributed by atoms with Crippen molar-refractivity contribution in [3.63, 3.8) is 0 Å². The van der Waals surface area contributed by atoms with E-state index in [4.69, 9.17) is 4.74 Å². The molecular weight excluding hydrogens is 282 g/mol. The molecule has 94 valence electrons. The molecule has 3 nitrogen and oxygen atoms in total. The zero-order chi connectivity index (χ0) is 12.5. The Morgan fingerprint density at radius 3 is 2.76 bits per heavy atom. The van der Waals surface area contributed by atoms with E-state index in [0.29, 0.717) is 13.0 Å². The lowest BCUT2D eigenvalue weighted by Gasteiger charge is -2.12. The smallest absolute Gasteiger partial charge is 0.223 e. The lowest BCUT2D eigenvalue weighted by Crippen LogP contribution is -2.33. The van der Waals surface area contributed by atoms with Crippen LogP contribution in [0.25, 0.3) is 0 Å². The Kier molecular flexibility index (Phi) is 6.70. The Morgan fingerprint density at radius 2 is 2.12 bits per heavy atom. The number of ether oxygens (including phenoxy) is 1. The van der Waals surface area contributed by atoms with E-state index >= 15 is 0 Å². The van der Waals surface area contributed by atoms with Gasteiger partial charge in [-0.25, -0.2) is 0 Å². The van der Waals surface area contributed by atoms with Crippen LogP contribution in [0.15, 0.2) is 30.3 Å². The van der Waals surface area contributed by atoms with Crippen LogP contribution in [0.4, 0.5) is 0 Å². The van der Waals surface area contributed by atoms with Gasteiger partial charge >= 0.3 is 0 Å². The van der Waals surface area contributed by atoms with Crippen molar-refractivity contribution in [3.05, 3.63) is 30.3 Å². The summed E-state index contributed by atoms with van der Waals surface area (Å²) in [6.45, 7) is 2.41. The van der Waals surface area contributed by atoms with Crippen LogP contribution in [0.1, 0.15) is 19.8 Å². The SMILES string of the molecule is CC(CCBr)NC(=O)CCOc1ccccc1. The van der Waals surface area contributed by atoms with Gasteiger partial charge in [-0.15, -0.1) is 0 Å². The van der Waals surface area contributed by atoms with Gasteiger partial charge in [0.2, 0.25) is 5.91 Å². The quantitative estimate of drug-likeness (QED) is 0.786. The summed E-state index contributed by atoms with van der Waals surface area (Å²) in [7, 11) is 0. The third-order valence-corrected chi connectivity index (χ3v) is 2.75. The summed E-state index contributed by atoms with van der Waals surface area (Å²) in [5.41, 5.74) is 0. The fraction of sp³-hybridized carbons (Fsp3) is 0.462. The zero-order valence-electron chi connectivity index (χ0n) is 9.99. The molecule has 1 aromatic rings. The molecule has 0 aromatic heterocycles. The standard InChI is InChI=1S/C13H18BrNO2/c1-11(7-9-14)15-13(16)8-10-17-12-5-3-2-4-6-12/h2-6,11H,7-10H2,1H3,(H,15,16). The lowest BCUT2D eigenvalue weighted by molar-refractivity contribution is -0.122. The van der Waals surface area contributed by atoms with Crippen molar-refractivity contribution in [3.8, 4) is 5.75 Å². The first-order chi connectivity index (χ1) is 8.22. The van der Waals surface area contributed by atoms with E-state index in [1.165, 1.54) is 0 Å². The van der Waals surface area contributed by atoms with Crippen molar-refractivity contribution in [1.82, 2.24) is 5.32 Å². The molecule has 0 heterocycles. The number of benzene rings is 1. The first-order valence-electron chi connectivity index (χ1n) is 5.75. The molecule has 1 aromatic carbocycles. The van der Waals surface area contributed by atoms with Crippen molar-refractivity contribution < 1.29 is 9.53 Å². The van der Waals surface area contributed by atoms with Crippen LogP contribution >= 0.6 is 15.9 Å². The molecule has 0 aliphatic heterocycles. The van der Waals surface area contributed by atoms with Crippen LogP contribution in [-0.4, -0.2) is 23.9 Å². The number of rotatable bonds is 7. The Hall–Kier alpha value is -1.03. The van der Waals surface area contributed by atoms with Crippen LogP contribution in [0.2, 0.25) is 0 Å². The van der Waals surface area contributed by atoms with Crippen molar-refractivity contribution >= 4 is 21.8 Å². The molecule has 17 heavy (non-hydrogen) atoms. The number of para-hydroxylation sites is 1. The Morgan fingerprint density at radius 1 is 1.41 bits per heavy atom. The highest BCUT2D eigenvalue weighted by molar-refractivity contribution is 9.09. The van der Waals surface area contributed by atoms with Crippen LogP contribution in [0.3, 0.4) is 0 Å². The molecule has 1 amide bonds. The van der Waals surface area contributed by atoms with Crippen molar-refractivity contribution in [2.45, 2.75) is 25.8 Å². The minimum atomic E-state index is 0.0365. The average Bonchev–Trinajstić information content (AvgIpc) is 2.30. The van der Waals surface area contributed by atoms with Gasteiger partial charge in [0, 0.05) is 11.4 Å². The van der Waals surface area contributed by atoms with Crippen molar-refractivity contribution in [2.75, 3.05) is 11.9 Å². The molecule has 1 atom stereocenters. The average molecular weight is 300 g/mol. The van der Waals surface area contributed by atoms with E-state index < -0.39 is 0 Å². The number of alkyl halides is 1. The maximum atomic E-state index is 11.5. The van der Waals surface area contributed by atoms with Crippen LogP contribution in [-0.2, 0) is 4.79 Å². The second-order valence-corrected chi connectivity index (χ2v) is 4.65. The summed E-state index contributed by atoms with van der Waals surface area (Å²) in [6, 6.07) is 9.72. The fourth-order valence-electron chi connectivity index (χ4n) is 1.36. The molecule has 0 aliphatic rings. The highest BCUT2D eigenvalue weighted by atomic mass is 79.9.